The van der Waals surface area contributed by atoms with E-state index in [4.69, 9.17) is 10.5 Å². The molecule has 0 bridgehead atoms. The lowest BCUT2D eigenvalue weighted by Crippen LogP contribution is -2.34. The van der Waals surface area contributed by atoms with Crippen molar-refractivity contribution in [1.82, 2.24) is 15.1 Å². The van der Waals surface area contributed by atoms with Crippen molar-refractivity contribution in [3.05, 3.63) is 34.4 Å². The molecule has 1 amide bonds. The molecule has 134 valence electrons. The van der Waals surface area contributed by atoms with Crippen LogP contribution >= 0.6 is 0 Å². The first kappa shape index (κ1) is 19.9. The van der Waals surface area contributed by atoms with Crippen LogP contribution in [0.15, 0.2) is 23.1 Å². The maximum atomic E-state index is 12.2. The van der Waals surface area contributed by atoms with Gasteiger partial charge in [0.2, 0.25) is 5.91 Å². The first-order valence-electron chi connectivity index (χ1n) is 8.17. The number of amides is 1. The summed E-state index contributed by atoms with van der Waals surface area (Å²) >= 11 is 0. The highest BCUT2D eigenvalue weighted by atomic mass is 16.5. The number of ether oxygens (including phenoxy) is 1. The third-order valence-corrected chi connectivity index (χ3v) is 3.16. The minimum atomic E-state index is -0.377. The smallest absolute Gasteiger partial charge is 0.270 e. The van der Waals surface area contributed by atoms with Crippen LogP contribution in [-0.2, 0) is 11.3 Å². The number of nitrogens with one attached hydrogen (secondary N) is 1. The van der Waals surface area contributed by atoms with Gasteiger partial charge in [-0.1, -0.05) is 34.3 Å². The summed E-state index contributed by atoms with van der Waals surface area (Å²) in [6.07, 6.45) is 0.493. The van der Waals surface area contributed by atoms with Gasteiger partial charge >= 0.3 is 0 Å². The van der Waals surface area contributed by atoms with E-state index in [0.717, 1.165) is 4.68 Å². The fourth-order valence-corrected chi connectivity index (χ4v) is 1.98. The van der Waals surface area contributed by atoms with Gasteiger partial charge in [-0.05, 0) is 18.9 Å². The molecule has 0 unspecified atom stereocenters. The Hall–Kier alpha value is -2.15. The zero-order valence-corrected chi connectivity index (χ0v) is 15.0. The molecule has 0 atom stereocenters. The van der Waals surface area contributed by atoms with E-state index in [9.17, 15) is 9.59 Å². The van der Waals surface area contributed by atoms with Gasteiger partial charge in [-0.2, -0.15) is 5.10 Å². The lowest BCUT2D eigenvalue weighted by atomic mass is 10.1. The quantitative estimate of drug-likeness (QED) is 0.710. The van der Waals surface area contributed by atoms with Crippen molar-refractivity contribution in [1.29, 1.82) is 0 Å². The highest BCUT2D eigenvalue weighted by molar-refractivity contribution is 5.77. The Labute approximate surface area is 142 Å². The van der Waals surface area contributed by atoms with Crippen molar-refractivity contribution < 1.29 is 9.53 Å². The molecular formula is C17H28N4O3. The van der Waals surface area contributed by atoms with Crippen molar-refractivity contribution in [2.24, 2.45) is 11.7 Å². The molecule has 7 heteroatoms. The summed E-state index contributed by atoms with van der Waals surface area (Å²) < 4.78 is 6.83. The minimum Gasteiger partial charge on any atom is -0.491 e. The SMILES string of the molecule is C=C(CCN)NC(=O)Cn1nc(C(C)C)c(OCC(C)C)cc1=O. The van der Waals surface area contributed by atoms with Crippen molar-refractivity contribution in [2.75, 3.05) is 13.2 Å². The number of hydrogen-bond donors (Lipinski definition) is 2. The molecule has 0 aliphatic carbocycles. The maximum absolute atomic E-state index is 12.2. The average molecular weight is 336 g/mol. The molecular weight excluding hydrogens is 308 g/mol. The third-order valence-electron chi connectivity index (χ3n) is 3.16. The van der Waals surface area contributed by atoms with Crippen LogP contribution in [0, 0.1) is 5.92 Å². The van der Waals surface area contributed by atoms with Crippen molar-refractivity contribution in [3.8, 4) is 5.75 Å². The van der Waals surface area contributed by atoms with Crippen LogP contribution in [0.4, 0.5) is 0 Å². The summed E-state index contributed by atoms with van der Waals surface area (Å²) in [6, 6.07) is 1.40. The maximum Gasteiger partial charge on any atom is 0.270 e. The second kappa shape index (κ2) is 9.22. The van der Waals surface area contributed by atoms with Crippen molar-refractivity contribution >= 4 is 5.91 Å². The molecule has 0 aromatic carbocycles. The van der Waals surface area contributed by atoms with Gasteiger partial charge in [0.1, 0.15) is 18.0 Å². The van der Waals surface area contributed by atoms with Crippen LogP contribution in [0.3, 0.4) is 0 Å². The Morgan fingerprint density at radius 2 is 2.08 bits per heavy atom. The Morgan fingerprint density at radius 1 is 1.42 bits per heavy atom. The lowest BCUT2D eigenvalue weighted by Gasteiger charge is -2.16. The summed E-state index contributed by atoms with van der Waals surface area (Å²) in [4.78, 5) is 24.2. The number of nitrogens with two attached hydrogens (primary N) is 1. The number of aromatic nitrogens is 2. The Kier molecular flexibility index (Phi) is 7.64. The zero-order valence-electron chi connectivity index (χ0n) is 15.0. The minimum absolute atomic E-state index is 0.0641. The molecule has 3 N–H and O–H groups in total. The molecule has 0 aliphatic heterocycles. The number of hydrogen-bond acceptors (Lipinski definition) is 5. The van der Waals surface area contributed by atoms with Crippen molar-refractivity contribution in [3.63, 3.8) is 0 Å². The highest BCUT2D eigenvalue weighted by Gasteiger charge is 2.16. The van der Waals surface area contributed by atoms with Crippen molar-refractivity contribution in [2.45, 2.75) is 46.6 Å². The van der Waals surface area contributed by atoms with E-state index in [1.54, 1.807) is 0 Å². The summed E-state index contributed by atoms with van der Waals surface area (Å²) in [5.41, 5.74) is 6.21. The number of carbonyl (C=O) groups is 1. The largest absolute Gasteiger partial charge is 0.491 e. The molecule has 1 rings (SSSR count). The summed E-state index contributed by atoms with van der Waals surface area (Å²) in [5.74, 6) is 0.530. The molecule has 0 spiro atoms. The Balaban J connectivity index is 2.96. The molecule has 1 aromatic heterocycles. The fraction of sp³-hybridized carbons (Fsp3) is 0.588. The van der Waals surface area contributed by atoms with Crippen LogP contribution in [0.2, 0.25) is 0 Å². The molecule has 1 aromatic rings. The van der Waals surface area contributed by atoms with Crippen LogP contribution in [-0.4, -0.2) is 28.8 Å². The van der Waals surface area contributed by atoms with Gasteiger partial charge in [0, 0.05) is 17.7 Å². The van der Waals surface area contributed by atoms with Crippen LogP contribution in [0.1, 0.15) is 45.7 Å². The van der Waals surface area contributed by atoms with E-state index in [0.29, 0.717) is 42.6 Å². The van der Waals surface area contributed by atoms with E-state index in [1.165, 1.54) is 6.07 Å². The molecule has 7 nitrogen and oxygen atoms in total. The molecule has 0 aliphatic rings. The summed E-state index contributed by atoms with van der Waals surface area (Å²) in [5, 5.41) is 6.92. The van der Waals surface area contributed by atoms with Gasteiger partial charge in [0.15, 0.2) is 0 Å². The van der Waals surface area contributed by atoms with E-state index in [1.807, 2.05) is 27.7 Å². The van der Waals surface area contributed by atoms with E-state index in [2.05, 4.69) is 17.0 Å². The van der Waals surface area contributed by atoms with Gasteiger partial charge in [-0.25, -0.2) is 4.68 Å². The number of carbonyl (C=O) groups excluding carboxylic acids is 1. The van der Waals surface area contributed by atoms with Gasteiger partial charge in [-0.15, -0.1) is 0 Å². The molecule has 0 saturated carbocycles. The van der Waals surface area contributed by atoms with E-state index >= 15 is 0 Å². The zero-order chi connectivity index (χ0) is 18.3. The second-order valence-electron chi connectivity index (χ2n) is 6.44. The average Bonchev–Trinajstić information content (AvgIpc) is 2.47. The summed E-state index contributed by atoms with van der Waals surface area (Å²) in [7, 11) is 0. The number of nitrogens with zero attached hydrogens (tertiary/aromatic N) is 2. The summed E-state index contributed by atoms with van der Waals surface area (Å²) in [6.45, 7) is 12.4. The van der Waals surface area contributed by atoms with Crippen LogP contribution in [0.5, 0.6) is 5.75 Å². The van der Waals surface area contributed by atoms with Gasteiger partial charge in [0.25, 0.3) is 5.56 Å². The highest BCUT2D eigenvalue weighted by Crippen LogP contribution is 2.22. The first-order chi connectivity index (χ1) is 11.2. The standard InChI is InChI=1S/C17H28N4O3/c1-11(2)10-24-14-8-16(23)21(20-17(14)12(3)4)9-15(22)19-13(5)6-7-18/h8,11-12H,5-7,9-10,18H2,1-4H3,(H,19,22). The first-order valence-corrected chi connectivity index (χ1v) is 8.17. The fourth-order valence-electron chi connectivity index (χ4n) is 1.98. The van der Waals surface area contributed by atoms with Gasteiger partial charge in [0.05, 0.1) is 6.61 Å². The topological polar surface area (TPSA) is 99.2 Å². The molecule has 1 heterocycles. The molecule has 0 saturated heterocycles. The third kappa shape index (κ3) is 6.16. The molecule has 24 heavy (non-hydrogen) atoms. The predicted molar refractivity (Wildman–Crippen MR) is 93.9 cm³/mol. The monoisotopic (exact) mass is 336 g/mol. The Morgan fingerprint density at radius 3 is 2.62 bits per heavy atom. The van der Waals surface area contributed by atoms with E-state index < -0.39 is 0 Å². The van der Waals surface area contributed by atoms with E-state index in [-0.39, 0.29) is 23.9 Å². The normalized spacial score (nSPS) is 11.0. The van der Waals surface area contributed by atoms with Gasteiger partial charge in [-0.3, -0.25) is 9.59 Å². The molecule has 0 radical (unpaired) electrons. The Bertz CT molecular complexity index is 635. The molecule has 0 fully saturated rings. The van der Waals surface area contributed by atoms with Crippen LogP contribution < -0.4 is 21.3 Å². The lowest BCUT2D eigenvalue weighted by molar-refractivity contribution is -0.121. The predicted octanol–water partition coefficient (Wildman–Crippen LogP) is 1.38. The van der Waals surface area contributed by atoms with Crippen LogP contribution in [0.25, 0.3) is 0 Å². The second-order valence-corrected chi connectivity index (χ2v) is 6.44. The van der Waals surface area contributed by atoms with Gasteiger partial charge < -0.3 is 15.8 Å². The number of rotatable bonds is 9.